The Labute approximate surface area is 222 Å². The molecule has 1 atom stereocenters. The van der Waals surface area contributed by atoms with Crippen LogP contribution in [0.1, 0.15) is 27.5 Å². The lowest BCUT2D eigenvalue weighted by Crippen LogP contribution is -2.20. The molecule has 1 unspecified atom stereocenters. The lowest BCUT2D eigenvalue weighted by Gasteiger charge is -2.19. The third-order valence-corrected chi connectivity index (χ3v) is 7.10. The summed E-state index contributed by atoms with van der Waals surface area (Å²) in [6, 6.07) is 31.9. The van der Waals surface area contributed by atoms with E-state index in [2.05, 4.69) is 22.9 Å². The smallest absolute Gasteiger partial charge is 0.242 e. The third kappa shape index (κ3) is 6.97. The van der Waals surface area contributed by atoms with Crippen molar-refractivity contribution in [2.24, 2.45) is 0 Å². The highest BCUT2D eigenvalue weighted by Crippen LogP contribution is 2.37. The summed E-state index contributed by atoms with van der Waals surface area (Å²) in [6.45, 7) is 6.08. The van der Waals surface area contributed by atoms with Crippen molar-refractivity contribution in [1.29, 1.82) is 0 Å². The van der Waals surface area contributed by atoms with Crippen LogP contribution in [0, 0.1) is 20.8 Å². The first-order chi connectivity index (χ1) is 17.4. The summed E-state index contributed by atoms with van der Waals surface area (Å²) >= 11 is 7.01. The molecule has 0 radical (unpaired) electrons. The van der Waals surface area contributed by atoms with E-state index in [0.717, 1.165) is 38.6 Å². The van der Waals surface area contributed by atoms with Gasteiger partial charge < -0.3 is 16.0 Å². The molecule has 182 valence electrons. The second-order valence-electron chi connectivity index (χ2n) is 8.69. The Morgan fingerprint density at radius 1 is 0.722 bits per heavy atom. The van der Waals surface area contributed by atoms with Gasteiger partial charge in [-0.15, -0.1) is 11.8 Å². The maximum atomic E-state index is 13.5. The average molecular weight is 512 g/mol. The summed E-state index contributed by atoms with van der Waals surface area (Å²) < 4.78 is 0. The van der Waals surface area contributed by atoms with E-state index >= 15 is 0 Å². The van der Waals surface area contributed by atoms with Crippen LogP contribution in [0.2, 0.25) is 0 Å². The summed E-state index contributed by atoms with van der Waals surface area (Å²) in [5, 5.41) is 9.69. The Bertz CT molecular complexity index is 1350. The lowest BCUT2D eigenvalue weighted by molar-refractivity contribution is -0.115. The minimum atomic E-state index is -0.418. The molecule has 0 aliphatic carbocycles. The Morgan fingerprint density at radius 3 is 2.17 bits per heavy atom. The van der Waals surface area contributed by atoms with E-state index in [1.807, 2.05) is 111 Å². The number of aryl methyl sites for hydroxylation is 3. The normalized spacial score (nSPS) is 11.4. The molecule has 0 bridgehead atoms. The van der Waals surface area contributed by atoms with Gasteiger partial charge in [0, 0.05) is 22.0 Å². The Morgan fingerprint density at radius 2 is 1.42 bits per heavy atom. The van der Waals surface area contributed by atoms with E-state index in [-0.39, 0.29) is 5.91 Å². The zero-order valence-electron chi connectivity index (χ0n) is 20.5. The summed E-state index contributed by atoms with van der Waals surface area (Å²) in [4.78, 5) is 14.5. The Kier molecular flexibility index (Phi) is 8.41. The minimum Gasteiger partial charge on any atom is -0.332 e. The highest BCUT2D eigenvalue weighted by atomic mass is 32.2. The van der Waals surface area contributed by atoms with Crippen LogP contribution < -0.4 is 16.0 Å². The van der Waals surface area contributed by atoms with Gasteiger partial charge in [-0.05, 0) is 86.1 Å². The molecule has 4 rings (SSSR count). The molecule has 36 heavy (non-hydrogen) atoms. The van der Waals surface area contributed by atoms with Gasteiger partial charge in [-0.25, -0.2) is 0 Å². The molecule has 0 aromatic heterocycles. The van der Waals surface area contributed by atoms with Crippen LogP contribution in [0.15, 0.2) is 102 Å². The van der Waals surface area contributed by atoms with Gasteiger partial charge in [-0.2, -0.15) is 0 Å². The number of thiocarbonyl (C=S) groups is 1. The lowest BCUT2D eigenvalue weighted by atomic mass is 10.1. The van der Waals surface area contributed by atoms with Crippen LogP contribution in [-0.2, 0) is 4.79 Å². The second-order valence-corrected chi connectivity index (χ2v) is 10.3. The van der Waals surface area contributed by atoms with Crippen molar-refractivity contribution in [3.63, 3.8) is 0 Å². The van der Waals surface area contributed by atoms with Crippen LogP contribution in [0.4, 0.5) is 17.1 Å². The van der Waals surface area contributed by atoms with Crippen molar-refractivity contribution in [2.45, 2.75) is 30.9 Å². The number of benzene rings is 4. The zero-order chi connectivity index (χ0) is 25.5. The predicted molar refractivity (Wildman–Crippen MR) is 157 cm³/mol. The fourth-order valence-corrected chi connectivity index (χ4v) is 5.00. The van der Waals surface area contributed by atoms with Gasteiger partial charge >= 0.3 is 0 Å². The molecule has 6 heteroatoms. The van der Waals surface area contributed by atoms with Crippen LogP contribution >= 0.6 is 24.0 Å². The fraction of sp³-hybridized carbons (Fsp3) is 0.133. The highest BCUT2D eigenvalue weighted by Gasteiger charge is 2.23. The average Bonchev–Trinajstić information content (AvgIpc) is 2.87. The fourth-order valence-electron chi connectivity index (χ4n) is 3.68. The van der Waals surface area contributed by atoms with Gasteiger partial charge in [0.2, 0.25) is 5.91 Å². The third-order valence-electron chi connectivity index (χ3n) is 5.65. The van der Waals surface area contributed by atoms with Crippen molar-refractivity contribution in [3.8, 4) is 0 Å². The standard InChI is InChI=1S/C30H29N3OS2/c1-20-13-16-24(17-14-20)31-30(35)32-25-10-7-11-26(19-25)36-28(23-8-5-4-6-9-23)29(34)33-27-18-21(2)12-15-22(27)3/h4-19,28H,1-3H3,(H,33,34)(H2,31,32,35). The summed E-state index contributed by atoms with van der Waals surface area (Å²) in [5.41, 5.74) is 6.89. The maximum absolute atomic E-state index is 13.5. The first kappa shape index (κ1) is 25.5. The molecular weight excluding hydrogens is 482 g/mol. The topological polar surface area (TPSA) is 53.2 Å². The molecule has 0 saturated carbocycles. The Balaban J connectivity index is 1.50. The molecule has 0 aliphatic rings. The molecule has 0 fully saturated rings. The van der Waals surface area contributed by atoms with Gasteiger partial charge in [0.05, 0.1) is 0 Å². The SMILES string of the molecule is Cc1ccc(NC(=S)Nc2cccc(SC(C(=O)Nc3cc(C)ccc3C)c3ccccc3)c2)cc1. The number of carbonyl (C=O) groups is 1. The van der Waals surface area contributed by atoms with Crippen LogP contribution in [-0.4, -0.2) is 11.0 Å². The maximum Gasteiger partial charge on any atom is 0.242 e. The number of hydrogen-bond donors (Lipinski definition) is 3. The van der Waals surface area contributed by atoms with Gasteiger partial charge in [0.15, 0.2) is 5.11 Å². The zero-order valence-corrected chi connectivity index (χ0v) is 22.2. The quantitative estimate of drug-likeness (QED) is 0.174. The predicted octanol–water partition coefficient (Wildman–Crippen LogP) is 7.89. The molecule has 0 aliphatic heterocycles. The van der Waals surface area contributed by atoms with E-state index in [4.69, 9.17) is 12.2 Å². The Hall–Kier alpha value is -3.61. The number of rotatable bonds is 7. The number of carbonyl (C=O) groups excluding carboxylic acids is 1. The van der Waals surface area contributed by atoms with E-state index in [0.29, 0.717) is 5.11 Å². The van der Waals surface area contributed by atoms with Crippen LogP contribution in [0.25, 0.3) is 0 Å². The number of hydrogen-bond acceptors (Lipinski definition) is 3. The molecule has 1 amide bonds. The largest absolute Gasteiger partial charge is 0.332 e. The van der Waals surface area contributed by atoms with E-state index < -0.39 is 5.25 Å². The molecule has 4 aromatic carbocycles. The molecule has 0 saturated heterocycles. The summed E-state index contributed by atoms with van der Waals surface area (Å²) in [5.74, 6) is -0.0604. The highest BCUT2D eigenvalue weighted by molar-refractivity contribution is 8.00. The van der Waals surface area contributed by atoms with Crippen molar-refractivity contribution >= 4 is 52.1 Å². The molecule has 4 aromatic rings. The van der Waals surface area contributed by atoms with Crippen molar-refractivity contribution in [2.75, 3.05) is 16.0 Å². The first-order valence-electron chi connectivity index (χ1n) is 11.7. The number of thioether (sulfide) groups is 1. The molecule has 4 nitrogen and oxygen atoms in total. The van der Waals surface area contributed by atoms with E-state index in [1.165, 1.54) is 17.3 Å². The van der Waals surface area contributed by atoms with Gasteiger partial charge in [0.25, 0.3) is 0 Å². The van der Waals surface area contributed by atoms with Crippen molar-refractivity contribution < 1.29 is 4.79 Å². The van der Waals surface area contributed by atoms with E-state index in [9.17, 15) is 4.79 Å². The van der Waals surface area contributed by atoms with Crippen molar-refractivity contribution in [1.82, 2.24) is 0 Å². The van der Waals surface area contributed by atoms with E-state index in [1.54, 1.807) is 0 Å². The van der Waals surface area contributed by atoms with Crippen molar-refractivity contribution in [3.05, 3.63) is 119 Å². The number of anilines is 3. The van der Waals surface area contributed by atoms with Gasteiger partial charge in [-0.1, -0.05) is 66.2 Å². The second kappa shape index (κ2) is 11.9. The van der Waals surface area contributed by atoms with Crippen LogP contribution in [0.3, 0.4) is 0 Å². The molecular formula is C30H29N3OS2. The van der Waals surface area contributed by atoms with Gasteiger partial charge in [0.1, 0.15) is 5.25 Å². The van der Waals surface area contributed by atoms with Gasteiger partial charge in [-0.3, -0.25) is 4.79 Å². The summed E-state index contributed by atoms with van der Waals surface area (Å²) in [7, 11) is 0. The minimum absolute atomic E-state index is 0.0604. The number of amides is 1. The monoisotopic (exact) mass is 511 g/mol. The molecule has 3 N–H and O–H groups in total. The summed E-state index contributed by atoms with van der Waals surface area (Å²) in [6.07, 6.45) is 0. The number of nitrogens with one attached hydrogen (secondary N) is 3. The molecule has 0 heterocycles. The first-order valence-corrected chi connectivity index (χ1v) is 13.0. The van der Waals surface area contributed by atoms with Crippen LogP contribution in [0.5, 0.6) is 0 Å². The molecule has 0 spiro atoms.